The predicted molar refractivity (Wildman–Crippen MR) is 83.5 cm³/mol. The van der Waals surface area contributed by atoms with Crippen molar-refractivity contribution >= 4 is 17.0 Å². The fourth-order valence-electron chi connectivity index (χ4n) is 3.54. The molecule has 0 fully saturated rings. The zero-order valence-corrected chi connectivity index (χ0v) is 12.2. The first-order valence-corrected chi connectivity index (χ1v) is 7.92. The van der Waals surface area contributed by atoms with Gasteiger partial charge in [-0.05, 0) is 60.0 Å². The Balaban J connectivity index is 1.82. The van der Waals surface area contributed by atoms with Crippen LogP contribution in [-0.2, 0) is 0 Å². The monoisotopic (exact) mass is 283 g/mol. The second kappa shape index (κ2) is 4.38. The van der Waals surface area contributed by atoms with Crippen molar-refractivity contribution in [2.45, 2.75) is 25.3 Å². The summed E-state index contributed by atoms with van der Waals surface area (Å²) in [6.07, 6.45) is 5.70. The maximum atomic E-state index is 9.75. The Bertz CT molecular complexity index is 688. The lowest BCUT2D eigenvalue weighted by atomic mass is 9.78. The Kier molecular flexibility index (Phi) is 2.64. The maximum absolute atomic E-state index is 9.75. The van der Waals surface area contributed by atoms with Crippen molar-refractivity contribution in [3.8, 4) is 5.75 Å². The summed E-state index contributed by atoms with van der Waals surface area (Å²) in [5, 5.41) is 15.6. The van der Waals surface area contributed by atoms with Gasteiger partial charge in [0.05, 0.1) is 6.04 Å². The summed E-state index contributed by atoms with van der Waals surface area (Å²) in [4.78, 5) is 1.45. The van der Waals surface area contributed by atoms with E-state index < -0.39 is 0 Å². The molecular formula is C17H17NOS. The lowest BCUT2D eigenvalue weighted by Crippen LogP contribution is -2.28. The molecule has 20 heavy (non-hydrogen) atoms. The molecule has 0 amide bonds. The van der Waals surface area contributed by atoms with E-state index in [-0.39, 0.29) is 0 Å². The molecule has 1 aliphatic heterocycles. The molecule has 3 heteroatoms. The lowest BCUT2D eigenvalue weighted by molar-refractivity contribution is 0.425. The molecule has 3 atom stereocenters. The average molecular weight is 283 g/mol. The summed E-state index contributed by atoms with van der Waals surface area (Å²) in [5.74, 6) is 1.34. The topological polar surface area (TPSA) is 32.3 Å². The van der Waals surface area contributed by atoms with Crippen LogP contribution in [0.3, 0.4) is 0 Å². The number of rotatable bonds is 1. The number of thiophene rings is 1. The van der Waals surface area contributed by atoms with Crippen molar-refractivity contribution in [1.82, 2.24) is 0 Å². The van der Waals surface area contributed by atoms with Crippen LogP contribution in [-0.4, -0.2) is 5.11 Å². The van der Waals surface area contributed by atoms with Gasteiger partial charge in [0.1, 0.15) is 5.75 Å². The summed E-state index contributed by atoms with van der Waals surface area (Å²) >= 11 is 1.84. The van der Waals surface area contributed by atoms with E-state index in [4.69, 9.17) is 0 Å². The Morgan fingerprint density at radius 1 is 1.30 bits per heavy atom. The van der Waals surface area contributed by atoms with Crippen LogP contribution >= 0.6 is 11.3 Å². The molecule has 0 spiro atoms. The number of phenolic OH excluding ortho intramolecular Hbond substituents is 1. The number of benzene rings is 1. The molecule has 2 heterocycles. The molecule has 0 radical (unpaired) electrons. The highest BCUT2D eigenvalue weighted by Crippen LogP contribution is 2.51. The average Bonchev–Trinajstić information content (AvgIpc) is 3.07. The smallest absolute Gasteiger partial charge is 0.116 e. The third-order valence-corrected chi connectivity index (χ3v) is 5.63. The minimum Gasteiger partial charge on any atom is -0.508 e. The Morgan fingerprint density at radius 3 is 3.00 bits per heavy atom. The first kappa shape index (κ1) is 12.0. The van der Waals surface area contributed by atoms with E-state index >= 15 is 0 Å². The van der Waals surface area contributed by atoms with E-state index in [0.29, 0.717) is 23.6 Å². The molecule has 3 unspecified atom stereocenters. The largest absolute Gasteiger partial charge is 0.508 e. The molecule has 2 nitrogen and oxygen atoms in total. The van der Waals surface area contributed by atoms with Crippen LogP contribution in [0, 0.1) is 12.8 Å². The highest BCUT2D eigenvalue weighted by Gasteiger charge is 2.38. The van der Waals surface area contributed by atoms with Gasteiger partial charge >= 0.3 is 0 Å². The van der Waals surface area contributed by atoms with Gasteiger partial charge in [0, 0.05) is 16.5 Å². The van der Waals surface area contributed by atoms with Crippen LogP contribution in [0.25, 0.3) is 0 Å². The molecule has 2 aliphatic rings. The number of hydrogen-bond donors (Lipinski definition) is 2. The molecule has 4 rings (SSSR count). The molecule has 2 N–H and O–H groups in total. The highest BCUT2D eigenvalue weighted by molar-refractivity contribution is 7.10. The van der Waals surface area contributed by atoms with Gasteiger partial charge in [-0.2, -0.15) is 0 Å². The Labute approximate surface area is 122 Å². The van der Waals surface area contributed by atoms with E-state index in [1.165, 1.54) is 16.0 Å². The zero-order chi connectivity index (χ0) is 13.7. The van der Waals surface area contributed by atoms with Gasteiger partial charge in [0.2, 0.25) is 0 Å². The summed E-state index contributed by atoms with van der Waals surface area (Å²) in [6.45, 7) is 2.19. The minimum absolute atomic E-state index is 0.357. The minimum atomic E-state index is 0.357. The second-order valence-corrected chi connectivity index (χ2v) is 6.66. The van der Waals surface area contributed by atoms with Gasteiger partial charge in [-0.25, -0.2) is 0 Å². The number of nitrogens with one attached hydrogen (secondary N) is 1. The van der Waals surface area contributed by atoms with Crippen molar-refractivity contribution in [3.63, 3.8) is 0 Å². The predicted octanol–water partition coefficient (Wildman–Crippen LogP) is 4.59. The van der Waals surface area contributed by atoms with Crippen LogP contribution in [0.1, 0.15) is 34.4 Å². The third-order valence-electron chi connectivity index (χ3n) is 4.53. The van der Waals surface area contributed by atoms with Gasteiger partial charge in [-0.3, -0.25) is 0 Å². The van der Waals surface area contributed by atoms with Crippen molar-refractivity contribution in [1.29, 1.82) is 0 Å². The van der Waals surface area contributed by atoms with Crippen LogP contribution in [0.5, 0.6) is 5.75 Å². The second-order valence-electron chi connectivity index (χ2n) is 5.71. The zero-order valence-electron chi connectivity index (χ0n) is 11.3. The normalized spacial score (nSPS) is 26.9. The molecule has 2 aromatic rings. The SMILES string of the molecule is Cc1ccsc1C1Nc2ccc(O)cc2C2C=CCC21. The summed E-state index contributed by atoms with van der Waals surface area (Å²) in [5.41, 5.74) is 3.77. The fourth-order valence-corrected chi connectivity index (χ4v) is 4.60. The maximum Gasteiger partial charge on any atom is 0.116 e. The van der Waals surface area contributed by atoms with Gasteiger partial charge in [-0.15, -0.1) is 11.3 Å². The van der Waals surface area contributed by atoms with E-state index in [9.17, 15) is 5.11 Å². The van der Waals surface area contributed by atoms with Gasteiger partial charge in [-0.1, -0.05) is 12.2 Å². The summed E-state index contributed by atoms with van der Waals surface area (Å²) in [6, 6.07) is 8.26. The van der Waals surface area contributed by atoms with Crippen molar-refractivity contribution in [3.05, 3.63) is 57.8 Å². The number of anilines is 1. The standard InChI is InChI=1S/C17H17NOS/c1-10-7-8-20-17(10)16-13-4-2-3-12(13)14-9-11(19)5-6-15(14)18-16/h2-3,5-9,12-13,16,18-19H,4H2,1H3. The van der Waals surface area contributed by atoms with Crippen molar-refractivity contribution < 1.29 is 5.11 Å². The number of hydrogen-bond acceptors (Lipinski definition) is 3. The number of aryl methyl sites for hydroxylation is 1. The number of aromatic hydroxyl groups is 1. The van der Waals surface area contributed by atoms with Crippen molar-refractivity contribution in [2.75, 3.05) is 5.32 Å². The van der Waals surface area contributed by atoms with E-state index in [1.807, 2.05) is 23.5 Å². The fraction of sp³-hybridized carbons (Fsp3) is 0.294. The van der Waals surface area contributed by atoms with Crippen LogP contribution in [0.2, 0.25) is 0 Å². The first-order chi connectivity index (χ1) is 9.74. The quantitative estimate of drug-likeness (QED) is 0.592. The van der Waals surface area contributed by atoms with E-state index in [0.717, 1.165) is 12.1 Å². The molecule has 0 bridgehead atoms. The van der Waals surface area contributed by atoms with E-state index in [1.54, 1.807) is 6.07 Å². The lowest BCUT2D eigenvalue weighted by Gasteiger charge is -2.37. The third kappa shape index (κ3) is 1.70. The van der Waals surface area contributed by atoms with Gasteiger partial charge in [0.15, 0.2) is 0 Å². The summed E-state index contributed by atoms with van der Waals surface area (Å²) < 4.78 is 0. The summed E-state index contributed by atoms with van der Waals surface area (Å²) in [7, 11) is 0. The molecule has 0 saturated heterocycles. The number of allylic oxidation sites excluding steroid dienone is 2. The highest BCUT2D eigenvalue weighted by atomic mass is 32.1. The van der Waals surface area contributed by atoms with Gasteiger partial charge < -0.3 is 10.4 Å². The Morgan fingerprint density at radius 2 is 2.20 bits per heavy atom. The number of phenols is 1. The van der Waals surface area contributed by atoms with Crippen LogP contribution in [0.4, 0.5) is 5.69 Å². The van der Waals surface area contributed by atoms with Crippen LogP contribution < -0.4 is 5.32 Å². The molecule has 0 saturated carbocycles. The van der Waals surface area contributed by atoms with Gasteiger partial charge in [0.25, 0.3) is 0 Å². The van der Waals surface area contributed by atoms with Crippen molar-refractivity contribution in [2.24, 2.45) is 5.92 Å². The molecule has 102 valence electrons. The Hall–Kier alpha value is -1.74. The van der Waals surface area contributed by atoms with Crippen LogP contribution in [0.15, 0.2) is 41.8 Å². The van der Waals surface area contributed by atoms with E-state index in [2.05, 4.69) is 35.8 Å². The molecule has 1 aromatic heterocycles. The molecular weight excluding hydrogens is 266 g/mol. The first-order valence-electron chi connectivity index (χ1n) is 7.04. The molecule has 1 aromatic carbocycles. The molecule has 1 aliphatic carbocycles. The number of fused-ring (bicyclic) bond motifs is 3.